The van der Waals surface area contributed by atoms with Gasteiger partial charge >= 0.3 is 0 Å². The van der Waals surface area contributed by atoms with E-state index in [0.29, 0.717) is 6.54 Å². The van der Waals surface area contributed by atoms with Gasteiger partial charge in [0.05, 0.1) is 6.04 Å². The maximum Gasteiger partial charge on any atom is 0.134 e. The van der Waals surface area contributed by atoms with E-state index in [2.05, 4.69) is 30.9 Å². The third-order valence-corrected chi connectivity index (χ3v) is 4.33. The molecule has 0 aliphatic carbocycles. The van der Waals surface area contributed by atoms with E-state index in [1.165, 1.54) is 11.8 Å². The van der Waals surface area contributed by atoms with Crippen LogP contribution in [0.3, 0.4) is 0 Å². The summed E-state index contributed by atoms with van der Waals surface area (Å²) >= 11 is 0. The number of nitrogens with two attached hydrogens (primary N) is 1. The molecule has 2 heterocycles. The Balaban J connectivity index is 1.88. The van der Waals surface area contributed by atoms with Gasteiger partial charge in [0, 0.05) is 25.0 Å². The summed E-state index contributed by atoms with van der Waals surface area (Å²) in [5.74, 6) is 2.48. The van der Waals surface area contributed by atoms with Gasteiger partial charge in [0.1, 0.15) is 11.3 Å². The highest BCUT2D eigenvalue weighted by Gasteiger charge is 2.29. The van der Waals surface area contributed by atoms with E-state index in [-0.39, 0.29) is 6.04 Å². The summed E-state index contributed by atoms with van der Waals surface area (Å²) in [5, 5.41) is 1.17. The molecule has 2 aromatic rings. The highest BCUT2D eigenvalue weighted by molar-refractivity contribution is 5.77. The van der Waals surface area contributed by atoms with Gasteiger partial charge in [0.2, 0.25) is 0 Å². The van der Waals surface area contributed by atoms with Crippen molar-refractivity contribution in [3.05, 3.63) is 36.1 Å². The summed E-state index contributed by atoms with van der Waals surface area (Å²) in [6.45, 7) is 7.50. The number of furan rings is 1. The molecule has 20 heavy (non-hydrogen) atoms. The molecule has 3 unspecified atom stereocenters. The van der Waals surface area contributed by atoms with E-state index in [1.54, 1.807) is 0 Å². The molecule has 3 atom stereocenters. The van der Waals surface area contributed by atoms with Crippen LogP contribution in [0.2, 0.25) is 0 Å². The van der Waals surface area contributed by atoms with Gasteiger partial charge in [0.15, 0.2) is 0 Å². The Bertz CT molecular complexity index is 534. The van der Waals surface area contributed by atoms with E-state index >= 15 is 0 Å². The van der Waals surface area contributed by atoms with Crippen LogP contribution in [0, 0.1) is 11.8 Å². The second-order valence-corrected chi connectivity index (χ2v) is 6.34. The van der Waals surface area contributed by atoms with Gasteiger partial charge in [-0.2, -0.15) is 0 Å². The lowest BCUT2D eigenvalue weighted by Crippen LogP contribution is -2.43. The average molecular weight is 272 g/mol. The largest absolute Gasteiger partial charge is 0.459 e. The van der Waals surface area contributed by atoms with Gasteiger partial charge in [-0.1, -0.05) is 32.0 Å². The molecule has 1 aliphatic heterocycles. The van der Waals surface area contributed by atoms with Gasteiger partial charge < -0.3 is 10.2 Å². The van der Waals surface area contributed by atoms with E-state index in [0.717, 1.165) is 36.3 Å². The van der Waals surface area contributed by atoms with Gasteiger partial charge in [-0.3, -0.25) is 4.90 Å². The first-order valence-corrected chi connectivity index (χ1v) is 7.60. The third-order valence-electron chi connectivity index (χ3n) is 4.33. The maximum atomic E-state index is 6.05. The Morgan fingerprint density at radius 1 is 1.25 bits per heavy atom. The molecule has 0 saturated carbocycles. The van der Waals surface area contributed by atoms with Crippen LogP contribution in [0.4, 0.5) is 0 Å². The molecule has 2 N–H and O–H groups in total. The summed E-state index contributed by atoms with van der Waals surface area (Å²) in [4.78, 5) is 2.50. The number of hydrogen-bond donors (Lipinski definition) is 1. The van der Waals surface area contributed by atoms with Crippen molar-refractivity contribution >= 4 is 11.0 Å². The van der Waals surface area contributed by atoms with Gasteiger partial charge in [-0.15, -0.1) is 0 Å². The first kappa shape index (κ1) is 13.7. The van der Waals surface area contributed by atoms with Gasteiger partial charge in [0.25, 0.3) is 0 Å². The average Bonchev–Trinajstić information content (AvgIpc) is 2.81. The molecular formula is C17H24N2O. The zero-order chi connectivity index (χ0) is 14.1. The molecule has 1 aromatic carbocycles. The minimum atomic E-state index is 0.201. The number of fused-ring (bicyclic) bond motifs is 1. The summed E-state index contributed by atoms with van der Waals surface area (Å²) < 4.78 is 6.02. The fourth-order valence-electron chi connectivity index (χ4n) is 3.58. The van der Waals surface area contributed by atoms with Crippen molar-refractivity contribution in [3.63, 3.8) is 0 Å². The van der Waals surface area contributed by atoms with Crippen LogP contribution in [0.1, 0.15) is 32.1 Å². The SMILES string of the molecule is CC1CC(C)CN(C(CN)c2cc3ccccc3o2)C1. The molecule has 0 spiro atoms. The van der Waals surface area contributed by atoms with E-state index in [4.69, 9.17) is 10.2 Å². The Morgan fingerprint density at radius 3 is 2.60 bits per heavy atom. The lowest BCUT2D eigenvalue weighted by atomic mass is 9.90. The number of benzene rings is 1. The van der Waals surface area contributed by atoms with E-state index in [1.807, 2.05) is 18.2 Å². The van der Waals surface area contributed by atoms with Crippen molar-refractivity contribution in [1.82, 2.24) is 4.90 Å². The van der Waals surface area contributed by atoms with Crippen LogP contribution >= 0.6 is 0 Å². The standard InChI is InChI=1S/C17H24N2O/c1-12-7-13(2)11-19(10-12)15(9-18)17-8-14-5-3-4-6-16(14)20-17/h3-6,8,12-13,15H,7,9-11,18H2,1-2H3. The first-order chi connectivity index (χ1) is 9.67. The number of piperidine rings is 1. The van der Waals surface area contributed by atoms with Crippen molar-refractivity contribution in [2.45, 2.75) is 26.3 Å². The molecule has 0 radical (unpaired) electrons. The zero-order valence-corrected chi connectivity index (χ0v) is 12.4. The number of nitrogens with zero attached hydrogens (tertiary/aromatic N) is 1. The fourth-order valence-corrected chi connectivity index (χ4v) is 3.58. The quantitative estimate of drug-likeness (QED) is 0.931. The van der Waals surface area contributed by atoms with Crippen LogP contribution in [0.15, 0.2) is 34.7 Å². The smallest absolute Gasteiger partial charge is 0.134 e. The molecule has 0 amide bonds. The Labute approximate surface area is 120 Å². The number of para-hydroxylation sites is 1. The maximum absolute atomic E-state index is 6.05. The predicted molar refractivity (Wildman–Crippen MR) is 82.5 cm³/mol. The predicted octanol–water partition coefficient (Wildman–Crippen LogP) is 3.41. The number of hydrogen-bond acceptors (Lipinski definition) is 3. The molecular weight excluding hydrogens is 248 g/mol. The number of likely N-dealkylation sites (tertiary alicyclic amines) is 1. The molecule has 1 fully saturated rings. The minimum Gasteiger partial charge on any atom is -0.459 e. The summed E-state index contributed by atoms with van der Waals surface area (Å²) in [6, 6.07) is 10.5. The van der Waals surface area contributed by atoms with Crippen molar-refractivity contribution in [3.8, 4) is 0 Å². The molecule has 3 rings (SSSR count). The van der Waals surface area contributed by atoms with Crippen molar-refractivity contribution in [1.29, 1.82) is 0 Å². The molecule has 3 nitrogen and oxygen atoms in total. The highest BCUT2D eigenvalue weighted by Crippen LogP contribution is 2.31. The summed E-state index contributed by atoms with van der Waals surface area (Å²) in [6.07, 6.45) is 1.31. The van der Waals surface area contributed by atoms with Crippen LogP contribution in [0.25, 0.3) is 11.0 Å². The molecule has 3 heteroatoms. The van der Waals surface area contributed by atoms with Crippen LogP contribution in [-0.2, 0) is 0 Å². The molecule has 1 aromatic heterocycles. The minimum absolute atomic E-state index is 0.201. The molecule has 108 valence electrons. The van der Waals surface area contributed by atoms with Crippen LogP contribution in [0.5, 0.6) is 0 Å². The van der Waals surface area contributed by atoms with Crippen LogP contribution in [-0.4, -0.2) is 24.5 Å². The third kappa shape index (κ3) is 2.60. The lowest BCUT2D eigenvalue weighted by Gasteiger charge is -2.38. The lowest BCUT2D eigenvalue weighted by molar-refractivity contribution is 0.0888. The van der Waals surface area contributed by atoms with E-state index in [9.17, 15) is 0 Å². The molecule has 1 saturated heterocycles. The van der Waals surface area contributed by atoms with Crippen molar-refractivity contribution in [2.75, 3.05) is 19.6 Å². The molecule has 1 aliphatic rings. The monoisotopic (exact) mass is 272 g/mol. The highest BCUT2D eigenvalue weighted by atomic mass is 16.3. The topological polar surface area (TPSA) is 42.4 Å². The van der Waals surface area contributed by atoms with E-state index < -0.39 is 0 Å². The summed E-state index contributed by atoms with van der Waals surface area (Å²) in [5.41, 5.74) is 7.00. The van der Waals surface area contributed by atoms with Gasteiger partial charge in [-0.05, 0) is 30.4 Å². The van der Waals surface area contributed by atoms with Crippen LogP contribution < -0.4 is 5.73 Å². The second kappa shape index (κ2) is 5.58. The Hall–Kier alpha value is -1.32. The normalized spacial score (nSPS) is 25.9. The van der Waals surface area contributed by atoms with Crippen molar-refractivity contribution < 1.29 is 4.42 Å². The zero-order valence-electron chi connectivity index (χ0n) is 12.4. The fraction of sp³-hybridized carbons (Fsp3) is 0.529. The molecule has 0 bridgehead atoms. The number of rotatable bonds is 3. The first-order valence-electron chi connectivity index (χ1n) is 7.60. The summed E-state index contributed by atoms with van der Waals surface area (Å²) in [7, 11) is 0. The van der Waals surface area contributed by atoms with Gasteiger partial charge in [-0.25, -0.2) is 0 Å². The second-order valence-electron chi connectivity index (χ2n) is 6.34. The van der Waals surface area contributed by atoms with Crippen molar-refractivity contribution in [2.24, 2.45) is 17.6 Å². The Kier molecular flexibility index (Phi) is 3.81. The Morgan fingerprint density at radius 2 is 1.95 bits per heavy atom.